The fourth-order valence-corrected chi connectivity index (χ4v) is 20.0. The SMILES string of the molecule is COc1ccc2c(c1)C(=O)N(C[C@@]1(c3cc4nc(-[n+]5nnn[nH]5)ccc4o3)CC(=O)NC1=O)C2.COc1ccc2c(c1)C(=O)N(C[C@@]1(c3cc4nc(Cc5ncccn5)ccc4o3)CC(=O)NC1=O)C2.COc1ccc2c(c1)C(=O)N(C[C@@]1(c3cc4nc(N5CCCCC5)ccc4o3)CC(=O)NC1=O)C2.COc1ccc2c(c1)C(=O)N(C[C@@]1(c3cc4nc(N5CC[C@@H](O)C5)ccc4o3)CC(=O)NC1=O)C2. The normalized spacial score (nSPS) is 21.2. The first-order valence-corrected chi connectivity index (χ1v) is 45.2. The molecular formula is C98H88N21O21+. The average Bonchev–Trinajstić information content (AvgIpc) is 1.60. The first-order valence-electron chi connectivity index (χ1n) is 45.2. The van der Waals surface area contributed by atoms with Crippen molar-refractivity contribution in [2.75, 3.05) is 90.6 Å². The number of piperidine rings is 1. The molecular weight excluding hydrogens is 1810 g/mol. The van der Waals surface area contributed by atoms with E-state index in [2.05, 4.69) is 71.9 Å². The molecule has 0 bridgehead atoms. The largest absolute Gasteiger partial charge is 0.497 e. The van der Waals surface area contributed by atoms with Gasteiger partial charge in [0.1, 0.15) is 112 Å². The molecule has 0 saturated carbocycles. The standard InChI is InChI=1S/C26H21N5O5.C26H26N4O5.C25H24N4O6.C21H16N8O5/c1-35-17-5-3-15-13-31(24(33)18(15)10-17)14-26(12-23(32)30-25(26)34)21-11-19-20(36-21)6-4-16(29-19)9-22-27-7-2-8-28-22;1-34-17-6-5-16-14-30(24(32)18(16)11-17)15-26(13-23(31)28-25(26)33)21-12-19-20(35-21)7-8-22(27-19)29-9-3-2-4-10-29;1-34-16-3-2-14-11-29(23(32)17(14)8-16)13-25(10-22(31)27-24(25)33)20-9-18-19(35-20)4-5-21(26-18)28-7-6-15(30)12-28;1-33-12-3-2-11-9-28(19(31)13(11)6-12)10-21(8-18(30)23-20(21)32)16-7-14-15(34-16)4-5-17(22-14)29-26-24-25-27-29/h2-8,10-11H,9,12-14H2,1H3,(H,30,32,34);5-8,11-12H,2-4,9-10,13-15H2,1H3,(H,28,31,33);2-5,8-9,15,30H,6-7,10-13H2,1H3,(H,27,31,33);2-7H,8-10H2,1H3,(H,23,30,32)/p+1/t2*26-;15-,25-;21-/m1111/s1. The first kappa shape index (κ1) is 89.5. The van der Waals surface area contributed by atoms with Crippen LogP contribution in [-0.4, -0.2) is 233 Å². The molecule has 6 saturated heterocycles. The van der Waals surface area contributed by atoms with E-state index in [1.165, 1.54) is 32.5 Å². The molecule has 42 heteroatoms. The summed E-state index contributed by atoms with van der Waals surface area (Å²) >= 11 is 0. The van der Waals surface area contributed by atoms with Crippen LogP contribution in [0.4, 0.5) is 11.6 Å². The van der Waals surface area contributed by atoms with E-state index in [-0.39, 0.29) is 93.3 Å². The summed E-state index contributed by atoms with van der Waals surface area (Å²) in [5, 5.41) is 32.8. The number of aliphatic hydroxyl groups excluding tert-OH is 1. The molecule has 12 amide bonds. The zero-order valence-corrected chi connectivity index (χ0v) is 75.8. The summed E-state index contributed by atoms with van der Waals surface area (Å²) in [5.74, 6) is 1.60. The number of benzene rings is 4. The number of carbonyl (C=O) groups is 12. The number of rotatable bonds is 21. The van der Waals surface area contributed by atoms with Crippen LogP contribution in [0.1, 0.15) is 150 Å². The molecule has 140 heavy (non-hydrogen) atoms. The number of amides is 12. The number of methoxy groups -OCH3 is 4. The molecule has 10 aliphatic rings. The van der Waals surface area contributed by atoms with Gasteiger partial charge >= 0.3 is 0 Å². The molecule has 5 atom stereocenters. The first-order chi connectivity index (χ1) is 67.7. The zero-order valence-electron chi connectivity index (χ0n) is 75.8. The summed E-state index contributed by atoms with van der Waals surface area (Å²) in [6.45, 7) is 4.41. The molecule has 0 spiro atoms. The summed E-state index contributed by atoms with van der Waals surface area (Å²) in [6.07, 6.45) is 7.09. The van der Waals surface area contributed by atoms with Crippen LogP contribution >= 0.6 is 0 Å². The van der Waals surface area contributed by atoms with E-state index in [1.54, 1.807) is 136 Å². The Hall–Kier alpha value is -17.1. The van der Waals surface area contributed by atoms with E-state index < -0.39 is 63.0 Å². The van der Waals surface area contributed by atoms with Crippen LogP contribution in [-0.2, 0) is 92.6 Å². The van der Waals surface area contributed by atoms with E-state index >= 15 is 0 Å². The van der Waals surface area contributed by atoms with E-state index in [0.717, 1.165) is 59.7 Å². The van der Waals surface area contributed by atoms with Crippen molar-refractivity contribution in [2.45, 2.75) is 112 Å². The number of H-pyrrole nitrogens is 1. The third-order valence-corrected chi connectivity index (χ3v) is 27.3. The van der Waals surface area contributed by atoms with E-state index in [0.29, 0.717) is 177 Å². The topological polar surface area (TPSA) is 518 Å². The van der Waals surface area contributed by atoms with Crippen LogP contribution in [0.5, 0.6) is 23.0 Å². The van der Waals surface area contributed by atoms with Crippen LogP contribution < -0.4 is 54.8 Å². The van der Waals surface area contributed by atoms with Crippen molar-refractivity contribution in [2.24, 2.45) is 0 Å². The molecule has 6 fully saturated rings. The molecule has 20 heterocycles. The van der Waals surface area contributed by atoms with Gasteiger partial charge in [-0.1, -0.05) is 29.5 Å². The van der Waals surface area contributed by atoms with Gasteiger partial charge in [-0.25, -0.2) is 24.9 Å². The summed E-state index contributed by atoms with van der Waals surface area (Å²) < 4.78 is 45.2. The maximum absolute atomic E-state index is 13.2. The molecule has 10 aromatic heterocycles. The maximum atomic E-state index is 13.2. The van der Waals surface area contributed by atoms with Gasteiger partial charge in [-0.05, 0) is 150 Å². The number of aliphatic hydroxyl groups is 1. The van der Waals surface area contributed by atoms with Crippen molar-refractivity contribution in [3.05, 3.63) is 243 Å². The van der Waals surface area contributed by atoms with Gasteiger partial charge in [-0.2, -0.15) is 0 Å². The Morgan fingerprint density at radius 1 is 0.407 bits per heavy atom. The van der Waals surface area contributed by atoms with Crippen LogP contribution in [0.2, 0.25) is 0 Å². The lowest BCUT2D eigenvalue weighted by molar-refractivity contribution is -0.722. The lowest BCUT2D eigenvalue weighted by atomic mass is 9.82. The predicted molar refractivity (Wildman–Crippen MR) is 488 cm³/mol. The van der Waals surface area contributed by atoms with Crippen molar-refractivity contribution in [1.82, 2.24) is 91.6 Å². The number of aromatic nitrogens is 11. The van der Waals surface area contributed by atoms with Crippen LogP contribution in [0.25, 0.3) is 50.2 Å². The van der Waals surface area contributed by atoms with Gasteiger partial charge in [0.2, 0.25) is 47.3 Å². The number of anilines is 2. The Bertz CT molecular complexity index is 7300. The Labute approximate surface area is 793 Å². The number of hydrogen-bond donors (Lipinski definition) is 6. The zero-order chi connectivity index (χ0) is 96.8. The number of carbonyl (C=O) groups excluding carboxylic acids is 12. The van der Waals surface area contributed by atoms with Gasteiger partial charge in [0.05, 0.1) is 66.6 Å². The predicted octanol–water partition coefficient (Wildman–Crippen LogP) is 5.84. The van der Waals surface area contributed by atoms with Gasteiger partial charge in [0, 0.05) is 149 Å². The number of hydrogen-bond acceptors (Lipinski definition) is 32. The molecule has 4 aromatic carbocycles. The number of furan rings is 4. The third kappa shape index (κ3) is 16.3. The summed E-state index contributed by atoms with van der Waals surface area (Å²) in [5.41, 5.74) is 4.86. The van der Waals surface area contributed by atoms with Gasteiger partial charge in [0.15, 0.2) is 33.1 Å². The summed E-state index contributed by atoms with van der Waals surface area (Å²) in [7, 11) is 6.15. The lowest BCUT2D eigenvalue weighted by Gasteiger charge is -2.28. The highest BCUT2D eigenvalue weighted by Crippen LogP contribution is 2.46. The monoisotopic (exact) mass is 1890 g/mol. The fourth-order valence-electron chi connectivity index (χ4n) is 20.0. The van der Waals surface area contributed by atoms with Crippen molar-refractivity contribution >= 4 is 127 Å². The summed E-state index contributed by atoms with van der Waals surface area (Å²) in [6, 6.07) is 44.0. The number of aromatic amines is 1. The van der Waals surface area contributed by atoms with E-state index in [1.807, 2.05) is 59.5 Å². The second-order valence-electron chi connectivity index (χ2n) is 36.0. The molecule has 0 aliphatic carbocycles. The van der Waals surface area contributed by atoms with Crippen molar-refractivity contribution in [1.29, 1.82) is 0 Å². The minimum atomic E-state index is -1.39. The minimum Gasteiger partial charge on any atom is -0.497 e. The van der Waals surface area contributed by atoms with Crippen molar-refractivity contribution in [3.63, 3.8) is 0 Å². The van der Waals surface area contributed by atoms with Crippen LogP contribution in [0.3, 0.4) is 0 Å². The number of pyridine rings is 4. The molecule has 10 aliphatic heterocycles. The highest BCUT2D eigenvalue weighted by atomic mass is 16.5. The molecule has 0 unspecified atom stereocenters. The molecule has 24 rings (SSSR count). The Kier molecular flexibility index (Phi) is 22.7. The van der Waals surface area contributed by atoms with Gasteiger partial charge in [-0.15, -0.1) is 4.98 Å². The van der Waals surface area contributed by atoms with E-state index in [9.17, 15) is 62.6 Å². The molecule has 710 valence electrons. The number of nitrogens with one attached hydrogen (secondary N) is 5. The van der Waals surface area contributed by atoms with Gasteiger partial charge < -0.3 is 71.1 Å². The van der Waals surface area contributed by atoms with Crippen LogP contribution in [0, 0.1) is 0 Å². The fraction of sp³-hybridized carbons (Fsp3) is 0.306. The van der Waals surface area contributed by atoms with Gasteiger partial charge in [0.25, 0.3) is 29.4 Å². The van der Waals surface area contributed by atoms with Crippen molar-refractivity contribution in [3.8, 4) is 28.8 Å². The second-order valence-corrected chi connectivity index (χ2v) is 36.0. The van der Waals surface area contributed by atoms with E-state index in [4.69, 9.17) is 41.6 Å². The average molecular weight is 1900 g/mol. The number of fused-ring (bicyclic) bond motifs is 8. The molecule has 42 nitrogen and oxygen atoms in total. The number of nitrogens with zero attached hydrogens (tertiary/aromatic N) is 16. The number of β-amino-alcohol motifs (C(OH)–C–C–N with tert-alkyl or cyclic N) is 1. The van der Waals surface area contributed by atoms with Crippen molar-refractivity contribution < 1.29 is 104 Å². The second kappa shape index (κ2) is 35.6. The smallest absolute Gasteiger partial charge is 0.276 e. The Balaban J connectivity index is 0.000000111. The molecule has 6 N–H and O–H groups in total. The molecule has 0 radical (unpaired) electrons. The highest BCUT2D eigenvalue weighted by Gasteiger charge is 2.58. The summed E-state index contributed by atoms with van der Waals surface area (Å²) in [4.78, 5) is 194. The number of imide groups is 4. The number of ether oxygens (including phenoxy) is 4. The Morgan fingerprint density at radius 3 is 1.11 bits per heavy atom. The van der Waals surface area contributed by atoms with Gasteiger partial charge in [-0.3, -0.25) is 78.8 Å². The molecule has 14 aromatic rings. The Morgan fingerprint density at radius 2 is 0.764 bits per heavy atom. The quantitative estimate of drug-likeness (QED) is 0.0363. The lowest BCUT2D eigenvalue weighted by Crippen LogP contribution is -2.46. The third-order valence-electron chi connectivity index (χ3n) is 27.3. The maximum Gasteiger partial charge on any atom is 0.276 e. The minimum absolute atomic E-state index is 0.00853. The highest BCUT2D eigenvalue weighted by molar-refractivity contribution is 6.13. The van der Waals surface area contributed by atoms with Crippen LogP contribution in [0.15, 0.2) is 182 Å².